The third kappa shape index (κ3) is 3.65. The summed E-state index contributed by atoms with van der Waals surface area (Å²) in [4.78, 5) is 0. The SMILES string of the molecule is C[S+]1CCn2cccc21.O=S(=O)([O-])C(F)(F)F. The van der Waals surface area contributed by atoms with Crippen LogP contribution in [0, 0.1) is 0 Å². The summed E-state index contributed by atoms with van der Waals surface area (Å²) in [6, 6.07) is 4.37. The molecule has 17 heavy (non-hydrogen) atoms. The average Bonchev–Trinajstić information content (AvgIpc) is 2.69. The summed E-state index contributed by atoms with van der Waals surface area (Å²) in [6.45, 7) is 1.24. The average molecular weight is 289 g/mol. The van der Waals surface area contributed by atoms with E-state index in [1.54, 1.807) is 0 Å². The first-order valence-electron chi connectivity index (χ1n) is 4.43. The first kappa shape index (κ1) is 14.4. The lowest BCUT2D eigenvalue weighted by molar-refractivity contribution is -0.0517. The number of alkyl halides is 3. The van der Waals surface area contributed by atoms with Crippen molar-refractivity contribution in [2.45, 2.75) is 17.1 Å². The van der Waals surface area contributed by atoms with Crippen LogP contribution in [-0.4, -0.2) is 35.1 Å². The van der Waals surface area contributed by atoms with Gasteiger partial charge in [0.1, 0.15) is 12.0 Å². The van der Waals surface area contributed by atoms with Gasteiger partial charge in [-0.25, -0.2) is 8.42 Å². The number of fused-ring (bicyclic) bond motifs is 1. The fourth-order valence-electron chi connectivity index (χ4n) is 1.24. The van der Waals surface area contributed by atoms with Gasteiger partial charge in [-0.15, -0.1) is 0 Å². The van der Waals surface area contributed by atoms with Gasteiger partial charge in [-0.2, -0.15) is 13.2 Å². The van der Waals surface area contributed by atoms with Crippen LogP contribution in [0.15, 0.2) is 23.4 Å². The lowest BCUT2D eigenvalue weighted by Crippen LogP contribution is -2.21. The van der Waals surface area contributed by atoms with Crippen molar-refractivity contribution in [2.24, 2.45) is 0 Å². The van der Waals surface area contributed by atoms with E-state index in [1.165, 1.54) is 17.3 Å². The van der Waals surface area contributed by atoms with E-state index in [4.69, 9.17) is 13.0 Å². The molecule has 1 aliphatic heterocycles. The van der Waals surface area contributed by atoms with Crippen molar-refractivity contribution in [3.63, 3.8) is 0 Å². The summed E-state index contributed by atoms with van der Waals surface area (Å²) in [5.74, 6) is 1.36. The van der Waals surface area contributed by atoms with Crippen molar-refractivity contribution in [2.75, 3.05) is 12.0 Å². The van der Waals surface area contributed by atoms with Gasteiger partial charge in [0.25, 0.3) is 0 Å². The second kappa shape index (κ2) is 4.91. The first-order chi connectivity index (χ1) is 7.63. The molecule has 1 aliphatic rings. The first-order valence-corrected chi connectivity index (χ1v) is 7.64. The van der Waals surface area contributed by atoms with Gasteiger partial charge in [0.05, 0.1) is 6.54 Å². The zero-order chi connectivity index (χ0) is 13.3. The molecule has 0 N–H and O–H groups in total. The van der Waals surface area contributed by atoms with Gasteiger partial charge < -0.3 is 9.12 Å². The Morgan fingerprint density at radius 1 is 1.47 bits per heavy atom. The van der Waals surface area contributed by atoms with E-state index in [9.17, 15) is 13.2 Å². The molecule has 98 valence electrons. The van der Waals surface area contributed by atoms with Crippen LogP contribution in [0.2, 0.25) is 0 Å². The standard InChI is InChI=1S/C7H10NS.CHF3O3S/c1-9-6-5-8-4-2-3-7(8)9;2-1(3,4)8(5,6)7/h2-4H,5-6H2,1H3;(H,5,6,7)/q+1;/p-1. The summed E-state index contributed by atoms with van der Waals surface area (Å²) in [5, 5.41) is 1.54. The van der Waals surface area contributed by atoms with Crippen molar-refractivity contribution in [3.8, 4) is 0 Å². The van der Waals surface area contributed by atoms with E-state index in [-0.39, 0.29) is 0 Å². The molecule has 1 aromatic rings. The number of rotatable bonds is 0. The van der Waals surface area contributed by atoms with Gasteiger partial charge in [-0.3, -0.25) is 0 Å². The molecule has 1 aromatic heterocycles. The van der Waals surface area contributed by atoms with E-state index < -0.39 is 15.6 Å². The summed E-state index contributed by atoms with van der Waals surface area (Å²) >= 11 is 0. The Balaban J connectivity index is 0.000000172. The second-order valence-electron chi connectivity index (χ2n) is 3.28. The fourth-order valence-corrected chi connectivity index (χ4v) is 2.78. The van der Waals surface area contributed by atoms with Crippen molar-refractivity contribution < 1.29 is 26.1 Å². The minimum atomic E-state index is -6.09. The molecule has 0 saturated carbocycles. The van der Waals surface area contributed by atoms with E-state index in [0.717, 1.165) is 0 Å². The quantitative estimate of drug-likeness (QED) is 0.409. The maximum Gasteiger partial charge on any atom is 0.485 e. The molecule has 0 aromatic carbocycles. The Morgan fingerprint density at radius 3 is 2.41 bits per heavy atom. The Bertz CT molecular complexity index is 480. The summed E-state index contributed by atoms with van der Waals surface area (Å²) < 4.78 is 61.3. The highest BCUT2D eigenvalue weighted by atomic mass is 32.2. The molecule has 0 spiro atoms. The largest absolute Gasteiger partial charge is 0.741 e. The molecule has 0 aliphatic carbocycles. The zero-order valence-corrected chi connectivity index (χ0v) is 10.4. The highest BCUT2D eigenvalue weighted by Crippen LogP contribution is 2.20. The molecular formula is C8H10F3NO3S2. The van der Waals surface area contributed by atoms with Crippen LogP contribution in [0.5, 0.6) is 0 Å². The molecule has 1 unspecified atom stereocenters. The predicted octanol–water partition coefficient (Wildman–Crippen LogP) is 1.16. The van der Waals surface area contributed by atoms with Gasteiger partial charge >= 0.3 is 5.51 Å². The van der Waals surface area contributed by atoms with E-state index in [2.05, 4.69) is 29.2 Å². The number of hydrogen-bond donors (Lipinski definition) is 0. The molecule has 2 heterocycles. The molecule has 1 atom stereocenters. The topological polar surface area (TPSA) is 62.1 Å². The van der Waals surface area contributed by atoms with Gasteiger partial charge in [0, 0.05) is 23.2 Å². The Labute approximate surface area is 99.5 Å². The Hall–Kier alpha value is -0.670. The lowest BCUT2D eigenvalue weighted by Gasteiger charge is -2.08. The van der Waals surface area contributed by atoms with Crippen LogP contribution in [-0.2, 0) is 27.6 Å². The van der Waals surface area contributed by atoms with Crippen molar-refractivity contribution >= 4 is 21.0 Å². The molecule has 0 radical (unpaired) electrons. The fraction of sp³-hybridized carbons (Fsp3) is 0.500. The van der Waals surface area contributed by atoms with Crippen LogP contribution in [0.1, 0.15) is 0 Å². The van der Waals surface area contributed by atoms with Crippen LogP contribution < -0.4 is 0 Å². The number of nitrogens with zero attached hydrogens (tertiary/aromatic N) is 1. The third-order valence-electron chi connectivity index (χ3n) is 2.07. The normalized spacial score (nSPS) is 19.5. The van der Waals surface area contributed by atoms with E-state index in [1.807, 2.05) is 0 Å². The predicted molar refractivity (Wildman–Crippen MR) is 56.6 cm³/mol. The Kier molecular flexibility index (Phi) is 4.15. The summed E-state index contributed by atoms with van der Waals surface area (Å²) in [5.41, 5.74) is -5.65. The molecular weight excluding hydrogens is 279 g/mol. The molecule has 0 bridgehead atoms. The summed E-state index contributed by atoms with van der Waals surface area (Å²) in [6.07, 6.45) is 4.49. The van der Waals surface area contributed by atoms with Crippen LogP contribution in [0.4, 0.5) is 13.2 Å². The van der Waals surface area contributed by atoms with Crippen molar-refractivity contribution in [1.82, 2.24) is 4.57 Å². The minimum Gasteiger partial charge on any atom is -0.741 e. The van der Waals surface area contributed by atoms with Crippen LogP contribution in [0.25, 0.3) is 0 Å². The van der Waals surface area contributed by atoms with E-state index in [0.29, 0.717) is 10.9 Å². The summed E-state index contributed by atoms with van der Waals surface area (Å²) in [7, 11) is -5.54. The lowest BCUT2D eigenvalue weighted by atomic mass is 10.7. The second-order valence-corrected chi connectivity index (χ2v) is 6.75. The number of aromatic nitrogens is 1. The van der Waals surface area contributed by atoms with E-state index >= 15 is 0 Å². The molecule has 0 fully saturated rings. The maximum atomic E-state index is 10.7. The smallest absolute Gasteiger partial charge is 0.485 e. The van der Waals surface area contributed by atoms with Crippen molar-refractivity contribution in [3.05, 3.63) is 18.3 Å². The minimum absolute atomic E-state index is 0.546. The molecule has 2 rings (SSSR count). The maximum absolute atomic E-state index is 10.7. The molecule has 0 saturated heterocycles. The molecule has 9 heteroatoms. The van der Waals surface area contributed by atoms with Crippen molar-refractivity contribution in [1.29, 1.82) is 0 Å². The number of halogens is 3. The molecule has 0 amide bonds. The number of hydrogen-bond acceptors (Lipinski definition) is 3. The molecule has 4 nitrogen and oxygen atoms in total. The third-order valence-corrected chi connectivity index (χ3v) is 4.51. The van der Waals surface area contributed by atoms with Crippen LogP contribution >= 0.6 is 0 Å². The van der Waals surface area contributed by atoms with Gasteiger partial charge in [-0.05, 0) is 6.07 Å². The van der Waals surface area contributed by atoms with Gasteiger partial charge in [0.2, 0.25) is 5.03 Å². The highest BCUT2D eigenvalue weighted by molar-refractivity contribution is 7.96. The Morgan fingerprint density at radius 2 is 2.00 bits per heavy atom. The van der Waals surface area contributed by atoms with Crippen LogP contribution in [0.3, 0.4) is 0 Å². The monoisotopic (exact) mass is 289 g/mol. The highest BCUT2D eigenvalue weighted by Gasteiger charge is 2.36. The van der Waals surface area contributed by atoms with Gasteiger partial charge in [0.15, 0.2) is 10.1 Å². The zero-order valence-electron chi connectivity index (χ0n) is 8.77. The van der Waals surface area contributed by atoms with Gasteiger partial charge in [-0.1, -0.05) is 0 Å². The number of aryl methyl sites for hydroxylation is 1.